The van der Waals surface area contributed by atoms with E-state index < -0.39 is 25.6 Å². The number of hydrogen-bond donors (Lipinski definition) is 2. The Morgan fingerprint density at radius 2 is 1.64 bits per heavy atom. The molecule has 0 saturated carbocycles. The van der Waals surface area contributed by atoms with E-state index in [9.17, 15) is 19.4 Å². The third-order valence-corrected chi connectivity index (χ3v) is 8.41. The highest BCUT2D eigenvalue weighted by molar-refractivity contribution is 7.99. The topological polar surface area (TPSA) is 93.1 Å². The molecule has 4 atom stereocenters. The molecule has 6 nitrogen and oxygen atoms in total. The van der Waals surface area contributed by atoms with Gasteiger partial charge in [0.25, 0.3) is 0 Å². The molecule has 0 amide bonds. The van der Waals surface area contributed by atoms with Gasteiger partial charge in [-0.1, -0.05) is 76.1 Å². The smallest absolute Gasteiger partial charge is 0.474 e. The van der Waals surface area contributed by atoms with Gasteiger partial charge in [0, 0.05) is 5.02 Å². The summed E-state index contributed by atoms with van der Waals surface area (Å²) in [6.07, 6.45) is 10.9. The van der Waals surface area contributed by atoms with E-state index in [0.717, 1.165) is 24.3 Å². The molecule has 0 radical (unpaired) electrons. The van der Waals surface area contributed by atoms with Crippen LogP contribution < -0.4 is 0 Å². The summed E-state index contributed by atoms with van der Waals surface area (Å²) in [7, 11) is -3.19. The average molecular weight is 564 g/mol. The standard InChI is InChI=1S/C27H44ClO6PS/c1-4-12-23(24-14-16-25(28)17-15-24)18-21-36-20-11-9-7-6-8-10-13-22(3)34-27(26(29)30,35(31)32)33-19-5-2/h14-17,22-23H,4-13,18-21H2,1-3H3,(H-,29,30,31,32)/p+1. The Hall–Kier alpha value is -0.690. The Labute approximate surface area is 227 Å². The first-order valence-corrected chi connectivity index (χ1v) is 16.1. The van der Waals surface area contributed by atoms with Crippen molar-refractivity contribution in [2.45, 2.75) is 109 Å². The minimum absolute atomic E-state index is 0.0423. The number of carbonyl (C=O) groups is 1. The SMILES string of the molecule is CCCOC(OC(C)CCCCCCCCSCCC(CCC)c1ccc(Cl)cc1)(C(=O)O)[P+](=O)O. The van der Waals surface area contributed by atoms with Crippen LogP contribution in [0.3, 0.4) is 0 Å². The van der Waals surface area contributed by atoms with E-state index in [1.165, 1.54) is 55.6 Å². The fraction of sp³-hybridized carbons (Fsp3) is 0.741. The van der Waals surface area contributed by atoms with Gasteiger partial charge in [-0.15, -0.1) is 0 Å². The number of aliphatic carboxylic acids is 1. The molecule has 1 aromatic carbocycles. The lowest BCUT2D eigenvalue weighted by molar-refractivity contribution is -0.221. The molecule has 0 aliphatic heterocycles. The molecule has 0 fully saturated rings. The predicted molar refractivity (Wildman–Crippen MR) is 150 cm³/mol. The summed E-state index contributed by atoms with van der Waals surface area (Å²) < 4.78 is 22.3. The van der Waals surface area contributed by atoms with E-state index in [4.69, 9.17) is 21.1 Å². The molecule has 36 heavy (non-hydrogen) atoms. The molecule has 0 aromatic heterocycles. The van der Waals surface area contributed by atoms with Gasteiger partial charge < -0.3 is 5.11 Å². The number of carboxylic acid groups (broad SMARTS) is 1. The van der Waals surface area contributed by atoms with Crippen LogP contribution in [0.2, 0.25) is 5.02 Å². The Bertz CT molecular complexity index is 734. The molecule has 206 valence electrons. The minimum atomic E-state index is -3.19. The van der Waals surface area contributed by atoms with Crippen molar-refractivity contribution in [1.29, 1.82) is 0 Å². The lowest BCUT2D eigenvalue weighted by Crippen LogP contribution is -2.43. The highest BCUT2D eigenvalue weighted by atomic mass is 35.5. The van der Waals surface area contributed by atoms with Crippen molar-refractivity contribution < 1.29 is 28.8 Å². The highest BCUT2D eigenvalue weighted by Gasteiger charge is 2.62. The summed E-state index contributed by atoms with van der Waals surface area (Å²) in [6.45, 7) is 5.80. The molecule has 9 heteroatoms. The summed E-state index contributed by atoms with van der Waals surface area (Å²) in [6, 6.07) is 8.31. The summed E-state index contributed by atoms with van der Waals surface area (Å²) in [4.78, 5) is 21.1. The van der Waals surface area contributed by atoms with Gasteiger partial charge in [0.05, 0.1) is 12.7 Å². The molecule has 1 rings (SSSR count). The number of unbranched alkanes of at least 4 members (excludes halogenated alkanes) is 5. The number of carboxylic acids is 1. The first-order chi connectivity index (χ1) is 17.3. The molecular formula is C27H45ClO6PS+. The van der Waals surface area contributed by atoms with Gasteiger partial charge in [-0.3, -0.25) is 9.47 Å². The van der Waals surface area contributed by atoms with Crippen molar-refractivity contribution >= 4 is 37.4 Å². The molecule has 0 saturated heterocycles. The van der Waals surface area contributed by atoms with Crippen molar-refractivity contribution in [3.63, 3.8) is 0 Å². The van der Waals surface area contributed by atoms with E-state index in [0.29, 0.717) is 18.8 Å². The zero-order chi connectivity index (χ0) is 26.8. The molecule has 0 aliphatic carbocycles. The Balaban J connectivity index is 2.15. The van der Waals surface area contributed by atoms with Crippen LogP contribution in [0.15, 0.2) is 24.3 Å². The van der Waals surface area contributed by atoms with Crippen molar-refractivity contribution in [2.24, 2.45) is 0 Å². The largest absolute Gasteiger partial charge is 0.586 e. The van der Waals surface area contributed by atoms with Crippen LogP contribution in [-0.4, -0.2) is 45.7 Å². The number of thioether (sulfide) groups is 1. The number of benzene rings is 1. The quantitative estimate of drug-likeness (QED) is 0.0831. The van der Waals surface area contributed by atoms with Crippen LogP contribution >= 0.6 is 31.4 Å². The first kappa shape index (κ1) is 33.3. The highest BCUT2D eigenvalue weighted by Crippen LogP contribution is 2.40. The fourth-order valence-corrected chi connectivity index (χ4v) is 5.96. The van der Waals surface area contributed by atoms with E-state index in [-0.39, 0.29) is 6.61 Å². The molecule has 2 N–H and O–H groups in total. The summed E-state index contributed by atoms with van der Waals surface area (Å²) in [5.74, 6) is 1.43. The third-order valence-electron chi connectivity index (χ3n) is 6.12. The molecule has 0 aliphatic rings. The van der Waals surface area contributed by atoms with E-state index in [1.807, 2.05) is 23.9 Å². The molecule has 0 heterocycles. The Kier molecular flexibility index (Phi) is 18.0. The summed E-state index contributed by atoms with van der Waals surface area (Å²) >= 11 is 8.08. The number of rotatable bonds is 22. The van der Waals surface area contributed by atoms with Crippen molar-refractivity contribution in [3.05, 3.63) is 34.9 Å². The minimum Gasteiger partial charge on any atom is -0.474 e. The van der Waals surface area contributed by atoms with Crippen molar-refractivity contribution in [2.75, 3.05) is 18.1 Å². The van der Waals surface area contributed by atoms with Crippen LogP contribution in [0.5, 0.6) is 0 Å². The monoisotopic (exact) mass is 563 g/mol. The van der Waals surface area contributed by atoms with E-state index in [1.54, 1.807) is 13.8 Å². The van der Waals surface area contributed by atoms with E-state index >= 15 is 0 Å². The Morgan fingerprint density at radius 3 is 2.22 bits per heavy atom. The molecule has 1 aromatic rings. The lowest BCUT2D eigenvalue weighted by atomic mass is 9.92. The second-order valence-corrected chi connectivity index (χ2v) is 12.1. The lowest BCUT2D eigenvalue weighted by Gasteiger charge is -2.22. The average Bonchev–Trinajstić information content (AvgIpc) is 2.84. The maximum Gasteiger partial charge on any atom is 0.586 e. The third kappa shape index (κ3) is 12.7. The van der Waals surface area contributed by atoms with Gasteiger partial charge in [-0.05, 0) is 78.7 Å². The zero-order valence-corrected chi connectivity index (χ0v) is 24.6. The van der Waals surface area contributed by atoms with Crippen LogP contribution in [0.1, 0.15) is 103 Å². The van der Waals surface area contributed by atoms with Gasteiger partial charge in [0.2, 0.25) is 0 Å². The maximum absolute atomic E-state index is 11.7. The number of ether oxygens (including phenoxy) is 2. The summed E-state index contributed by atoms with van der Waals surface area (Å²) in [5, 5.41) is 10.2. The maximum atomic E-state index is 11.7. The van der Waals surface area contributed by atoms with Gasteiger partial charge in [0.1, 0.15) is 0 Å². The van der Waals surface area contributed by atoms with Gasteiger partial charge >= 0.3 is 19.5 Å². The van der Waals surface area contributed by atoms with Crippen molar-refractivity contribution in [1.82, 2.24) is 0 Å². The summed E-state index contributed by atoms with van der Waals surface area (Å²) in [5.41, 5.74) is -1.08. The van der Waals surface area contributed by atoms with Crippen molar-refractivity contribution in [3.8, 4) is 0 Å². The van der Waals surface area contributed by atoms with Crippen LogP contribution in [-0.2, 0) is 18.8 Å². The Morgan fingerprint density at radius 1 is 1.00 bits per heavy atom. The molecule has 0 spiro atoms. The fourth-order valence-electron chi connectivity index (χ4n) is 4.13. The van der Waals surface area contributed by atoms with Gasteiger partial charge in [-0.25, -0.2) is 4.79 Å². The molecule has 0 bridgehead atoms. The normalized spacial score (nSPS) is 15.3. The number of halogens is 1. The van der Waals surface area contributed by atoms with Crippen LogP contribution in [0.25, 0.3) is 0 Å². The second kappa shape index (κ2) is 19.4. The van der Waals surface area contributed by atoms with Gasteiger partial charge in [0.15, 0.2) is 0 Å². The predicted octanol–water partition coefficient (Wildman–Crippen LogP) is 8.38. The number of hydrogen-bond acceptors (Lipinski definition) is 5. The van der Waals surface area contributed by atoms with Crippen LogP contribution in [0.4, 0.5) is 0 Å². The van der Waals surface area contributed by atoms with E-state index in [2.05, 4.69) is 19.1 Å². The van der Waals surface area contributed by atoms with Crippen LogP contribution in [0, 0.1) is 0 Å². The zero-order valence-electron chi connectivity index (χ0n) is 22.1. The molecular weight excluding hydrogens is 519 g/mol. The van der Waals surface area contributed by atoms with Gasteiger partial charge in [-0.2, -0.15) is 16.7 Å². The molecule has 4 unspecified atom stereocenters. The second-order valence-electron chi connectivity index (χ2n) is 9.29. The first-order valence-electron chi connectivity index (χ1n) is 13.3.